The molecular weight excluding hydrogens is 302 g/mol. The second kappa shape index (κ2) is 4.99. The monoisotopic (exact) mass is 327 g/mol. The summed E-state index contributed by atoms with van der Waals surface area (Å²) in [7, 11) is 0. The van der Waals surface area contributed by atoms with Gasteiger partial charge in [-0.05, 0) is 72.6 Å². The molecule has 1 aromatic carbocycles. The van der Waals surface area contributed by atoms with Crippen LogP contribution in [0.3, 0.4) is 0 Å². The van der Waals surface area contributed by atoms with Gasteiger partial charge in [0.15, 0.2) is 5.60 Å². The Labute approximate surface area is 143 Å². The van der Waals surface area contributed by atoms with Crippen LogP contribution in [-0.4, -0.2) is 22.0 Å². The van der Waals surface area contributed by atoms with Crippen molar-refractivity contribution < 1.29 is 14.6 Å². The van der Waals surface area contributed by atoms with Crippen LogP contribution >= 0.6 is 0 Å². The second-order valence-corrected chi connectivity index (χ2v) is 8.42. The van der Waals surface area contributed by atoms with Crippen molar-refractivity contribution in [3.8, 4) is 18.1 Å². The van der Waals surface area contributed by atoms with Crippen LogP contribution < -0.4 is 0 Å². The van der Waals surface area contributed by atoms with Crippen LogP contribution in [0.15, 0.2) is 18.2 Å². The summed E-state index contributed by atoms with van der Waals surface area (Å²) in [5.74, 6) is 3.92. The molecule has 0 amide bonds. The Morgan fingerprint density at radius 1 is 1.38 bits per heavy atom. The summed E-state index contributed by atoms with van der Waals surface area (Å²) in [6.07, 6.45) is 7.14. The zero-order valence-corrected chi connectivity index (χ0v) is 14.3. The lowest BCUT2D eigenvalue weighted by Gasteiger charge is -2.53. The Hall–Kier alpha value is -1.53. The lowest BCUT2D eigenvalue weighted by molar-refractivity contribution is -0.0905. The number of aliphatic hydroxyl groups is 1. The molecule has 3 aliphatic rings. The van der Waals surface area contributed by atoms with Crippen LogP contribution in [0, 0.1) is 35.5 Å². The predicted octanol–water partition coefficient (Wildman–Crippen LogP) is 3.81. The lowest BCUT2D eigenvalue weighted by atomic mass is 9.51. The first-order valence-corrected chi connectivity index (χ1v) is 8.98. The number of rotatable bonds is 0. The van der Waals surface area contributed by atoms with Gasteiger partial charge >= 0.3 is 0 Å². The maximum Gasteiger partial charge on any atom is 0.161 e. The van der Waals surface area contributed by atoms with Gasteiger partial charge < -0.3 is 10.2 Å². The molecule has 2 N–H and O–H groups in total. The van der Waals surface area contributed by atoms with Crippen LogP contribution in [-0.2, 0) is 6.42 Å². The van der Waals surface area contributed by atoms with Crippen molar-refractivity contribution >= 4 is 0 Å². The molecule has 1 aromatic rings. The summed E-state index contributed by atoms with van der Waals surface area (Å²) in [5.41, 5.74) is 0.321. The minimum Gasteiger partial charge on any atom is -0.508 e. The van der Waals surface area contributed by atoms with Gasteiger partial charge in [0, 0.05) is 5.41 Å². The van der Waals surface area contributed by atoms with Crippen molar-refractivity contribution in [1.29, 1.82) is 0 Å². The Kier molecular flexibility index (Phi) is 3.32. The van der Waals surface area contributed by atoms with E-state index in [9.17, 15) is 14.6 Å². The molecule has 3 aliphatic carbocycles. The van der Waals surface area contributed by atoms with Crippen molar-refractivity contribution in [2.75, 3.05) is 0 Å². The summed E-state index contributed by atoms with van der Waals surface area (Å²) >= 11 is 0. The first-order valence-electron chi connectivity index (χ1n) is 8.98. The van der Waals surface area contributed by atoms with Gasteiger partial charge in [-0.1, -0.05) is 25.8 Å². The van der Waals surface area contributed by atoms with Crippen molar-refractivity contribution in [3.63, 3.8) is 0 Å². The predicted molar refractivity (Wildman–Crippen MR) is 91.3 cm³/mol. The first-order chi connectivity index (χ1) is 11.3. The highest BCUT2D eigenvalue weighted by molar-refractivity contribution is 5.41. The lowest BCUT2D eigenvalue weighted by Crippen LogP contribution is -2.53. The van der Waals surface area contributed by atoms with Gasteiger partial charge in [-0.15, -0.1) is 6.42 Å². The number of hydrogen-bond donors (Lipinski definition) is 2. The molecule has 128 valence electrons. The van der Waals surface area contributed by atoms with E-state index in [0.717, 1.165) is 19.3 Å². The topological polar surface area (TPSA) is 40.5 Å². The third kappa shape index (κ3) is 1.81. The Balaban J connectivity index is 1.79. The molecule has 2 saturated carbocycles. The molecule has 0 heterocycles. The number of benzene rings is 1. The molecule has 0 unspecified atom stereocenters. The third-order valence-corrected chi connectivity index (χ3v) is 7.45. The van der Waals surface area contributed by atoms with E-state index in [1.54, 1.807) is 6.07 Å². The van der Waals surface area contributed by atoms with Crippen LogP contribution in [0.4, 0.5) is 4.39 Å². The molecule has 0 saturated heterocycles. The Bertz CT molecular complexity index is 723. The van der Waals surface area contributed by atoms with Crippen LogP contribution in [0.2, 0.25) is 0 Å². The first kappa shape index (κ1) is 16.0. The standard InChI is InChI=1S/C21H25FO2/c1-4-21(24)18(22)11-17-19-12(2)9-13-10-14(23)5-6-15(13)16(19)7-8-20(17,21)3/h1,5-6,10,12,16-19,23-24H,7-9,11H2,2-3H3/t12-,16-,17+,18-,19-,20+,21+/m1/s1/i22-1. The fourth-order valence-corrected chi connectivity index (χ4v) is 6.21. The molecule has 0 aliphatic heterocycles. The quantitative estimate of drug-likeness (QED) is 0.712. The van der Waals surface area contributed by atoms with Crippen LogP contribution in [0.1, 0.15) is 50.2 Å². The van der Waals surface area contributed by atoms with E-state index < -0.39 is 17.2 Å². The fraction of sp³-hybridized carbons (Fsp3) is 0.619. The average molecular weight is 327 g/mol. The number of halogens is 1. The van der Waals surface area contributed by atoms with Crippen molar-refractivity contribution in [3.05, 3.63) is 29.3 Å². The number of fused-ring (bicyclic) bond motifs is 5. The summed E-state index contributed by atoms with van der Waals surface area (Å²) in [6, 6.07) is 5.66. The zero-order chi connectivity index (χ0) is 17.3. The SMILES string of the molecule is C#C[C@]1(O)[C@H]([18F])C[C@H]2[C@@H]3[C@H](C)Cc4cc(O)ccc4[C@H]3CC[C@@]21C. The number of aromatic hydroxyl groups is 1. The molecule has 0 aromatic heterocycles. The molecule has 4 rings (SSSR count). The molecule has 7 atom stereocenters. The Morgan fingerprint density at radius 3 is 2.83 bits per heavy atom. The summed E-state index contributed by atoms with van der Waals surface area (Å²) in [6.45, 7) is 4.21. The highest BCUT2D eigenvalue weighted by Crippen LogP contribution is 2.65. The molecule has 0 bridgehead atoms. The van der Waals surface area contributed by atoms with Gasteiger partial charge in [-0.3, -0.25) is 0 Å². The average Bonchev–Trinajstić information content (AvgIpc) is 2.75. The van der Waals surface area contributed by atoms with E-state index in [0.29, 0.717) is 29.9 Å². The molecular formula is C21H25FO2. The largest absolute Gasteiger partial charge is 0.508 e. The summed E-state index contributed by atoms with van der Waals surface area (Å²) in [5, 5.41) is 20.7. The van der Waals surface area contributed by atoms with Crippen molar-refractivity contribution in [2.45, 2.75) is 57.2 Å². The van der Waals surface area contributed by atoms with Gasteiger partial charge in [0.2, 0.25) is 0 Å². The molecule has 2 nitrogen and oxygen atoms in total. The summed E-state index contributed by atoms with van der Waals surface area (Å²) in [4.78, 5) is 0. The third-order valence-electron chi connectivity index (χ3n) is 7.45. The van der Waals surface area contributed by atoms with Crippen LogP contribution in [0.5, 0.6) is 5.75 Å². The number of phenolic OH excluding ortho intramolecular Hbond substituents is 1. The maximum atomic E-state index is 14.7. The number of alkyl halides is 1. The van der Waals surface area contributed by atoms with Crippen molar-refractivity contribution in [2.24, 2.45) is 23.2 Å². The van der Waals surface area contributed by atoms with E-state index >= 15 is 0 Å². The fourth-order valence-electron chi connectivity index (χ4n) is 6.21. The normalized spacial score (nSPS) is 46.5. The number of phenols is 1. The maximum absolute atomic E-state index is 14.7. The summed E-state index contributed by atoms with van der Waals surface area (Å²) < 4.78 is 14.7. The van der Waals surface area contributed by atoms with Crippen molar-refractivity contribution in [1.82, 2.24) is 0 Å². The number of hydrogen-bond acceptors (Lipinski definition) is 2. The van der Waals surface area contributed by atoms with E-state index in [-0.39, 0.29) is 5.92 Å². The van der Waals surface area contributed by atoms with E-state index in [1.807, 2.05) is 19.1 Å². The van der Waals surface area contributed by atoms with Crippen LogP contribution in [0.25, 0.3) is 0 Å². The minimum absolute atomic E-state index is 0.101. The van der Waals surface area contributed by atoms with Gasteiger partial charge in [0.05, 0.1) is 0 Å². The molecule has 0 spiro atoms. The Morgan fingerprint density at radius 2 is 2.12 bits per heavy atom. The van der Waals surface area contributed by atoms with E-state index in [4.69, 9.17) is 6.42 Å². The molecule has 24 heavy (non-hydrogen) atoms. The highest BCUT2D eigenvalue weighted by atomic mass is 18.2. The van der Waals surface area contributed by atoms with Gasteiger partial charge in [0.25, 0.3) is 0 Å². The zero-order valence-electron chi connectivity index (χ0n) is 14.3. The van der Waals surface area contributed by atoms with Gasteiger partial charge in [-0.25, -0.2) is 4.39 Å². The van der Waals surface area contributed by atoms with Gasteiger partial charge in [0.1, 0.15) is 11.9 Å². The molecule has 2 fully saturated rings. The number of terminal acetylenes is 1. The molecule has 0 radical (unpaired) electrons. The highest BCUT2D eigenvalue weighted by Gasteiger charge is 2.66. The van der Waals surface area contributed by atoms with E-state index in [2.05, 4.69) is 12.8 Å². The van der Waals surface area contributed by atoms with E-state index in [1.165, 1.54) is 11.1 Å². The molecule has 3 heteroatoms. The minimum atomic E-state index is -1.64. The van der Waals surface area contributed by atoms with Gasteiger partial charge in [-0.2, -0.15) is 0 Å². The second-order valence-electron chi connectivity index (χ2n) is 8.42. The smallest absolute Gasteiger partial charge is 0.161 e.